The lowest BCUT2D eigenvalue weighted by Crippen LogP contribution is -1.68. The van der Waals surface area contributed by atoms with Crippen molar-refractivity contribution < 1.29 is 0 Å². The van der Waals surface area contributed by atoms with Crippen molar-refractivity contribution >= 4 is 0 Å². The molecule has 1 heteroatoms. The third-order valence-electron chi connectivity index (χ3n) is 1.01. The van der Waals surface area contributed by atoms with E-state index < -0.39 is 0 Å². The zero-order valence-electron chi connectivity index (χ0n) is 6.25. The van der Waals surface area contributed by atoms with E-state index in [1.165, 1.54) is 0 Å². The summed E-state index contributed by atoms with van der Waals surface area (Å²) in [5.74, 6) is 2.38. The number of terminal acetylenes is 1. The fourth-order valence-electron chi connectivity index (χ4n) is 0.519. The smallest absolute Gasteiger partial charge is 0.0663 e. The van der Waals surface area contributed by atoms with Crippen LogP contribution in [0.3, 0.4) is 0 Å². The summed E-state index contributed by atoms with van der Waals surface area (Å²) in [6, 6.07) is 1.99. The van der Waals surface area contributed by atoms with Gasteiger partial charge >= 0.3 is 0 Å². The Bertz CT molecular complexity index is 256. The lowest BCUT2D eigenvalue weighted by molar-refractivity contribution is 1.35. The fraction of sp³-hybridized carbons (Fsp3) is 0.100. The Balaban J connectivity index is 4.13. The van der Waals surface area contributed by atoms with Gasteiger partial charge in [0.2, 0.25) is 0 Å². The number of hydrogen-bond donors (Lipinski definition) is 0. The summed E-state index contributed by atoms with van der Waals surface area (Å²) in [6.45, 7) is 3.56. The van der Waals surface area contributed by atoms with Crippen LogP contribution in [-0.4, -0.2) is 0 Å². The van der Waals surface area contributed by atoms with E-state index in [1.54, 1.807) is 24.3 Å². The van der Waals surface area contributed by atoms with E-state index in [4.69, 9.17) is 11.7 Å². The molecule has 0 aromatic carbocycles. The Kier molecular flexibility index (Phi) is 5.39. The molecule has 0 heterocycles. The summed E-state index contributed by atoms with van der Waals surface area (Å²) in [5.41, 5.74) is 0.850. The molecule has 0 unspecified atom stereocenters. The monoisotopic (exact) mass is 143 g/mol. The molecule has 0 N–H and O–H groups in total. The first-order chi connectivity index (χ1) is 5.35. The van der Waals surface area contributed by atoms with Crippen LogP contribution in [0.5, 0.6) is 0 Å². The zero-order valence-corrected chi connectivity index (χ0v) is 6.25. The molecule has 0 spiro atoms. The van der Waals surface area contributed by atoms with Crippen LogP contribution in [0.25, 0.3) is 0 Å². The second kappa shape index (κ2) is 6.39. The van der Waals surface area contributed by atoms with Crippen molar-refractivity contribution in [2.24, 2.45) is 0 Å². The largest absolute Gasteiger partial charge is 0.198 e. The topological polar surface area (TPSA) is 23.8 Å². The Morgan fingerprint density at radius 2 is 2.36 bits per heavy atom. The number of rotatable bonds is 3. The van der Waals surface area contributed by atoms with Crippen molar-refractivity contribution in [2.75, 3.05) is 0 Å². The highest BCUT2D eigenvalue weighted by Crippen LogP contribution is 1.97. The van der Waals surface area contributed by atoms with E-state index in [0.717, 1.165) is 5.57 Å². The Labute approximate surface area is 67.3 Å². The van der Waals surface area contributed by atoms with Gasteiger partial charge in [-0.15, -0.1) is 6.42 Å². The maximum atomic E-state index is 8.19. The molecule has 0 aromatic rings. The third-order valence-corrected chi connectivity index (χ3v) is 1.01. The van der Waals surface area contributed by atoms with Crippen molar-refractivity contribution in [3.05, 3.63) is 36.5 Å². The van der Waals surface area contributed by atoms with Gasteiger partial charge in [-0.2, -0.15) is 5.26 Å². The van der Waals surface area contributed by atoms with Crippen molar-refractivity contribution in [2.45, 2.75) is 6.42 Å². The van der Waals surface area contributed by atoms with Gasteiger partial charge in [0.25, 0.3) is 0 Å². The molecule has 0 bridgehead atoms. The van der Waals surface area contributed by atoms with Crippen molar-refractivity contribution in [3.8, 4) is 18.4 Å². The van der Waals surface area contributed by atoms with Gasteiger partial charge in [-0.25, -0.2) is 0 Å². The van der Waals surface area contributed by atoms with Crippen LogP contribution in [0.4, 0.5) is 0 Å². The summed E-state index contributed by atoms with van der Waals surface area (Å²) in [5, 5.41) is 8.19. The molecule has 1 nitrogen and oxygen atoms in total. The van der Waals surface area contributed by atoms with Crippen molar-refractivity contribution in [1.82, 2.24) is 0 Å². The van der Waals surface area contributed by atoms with E-state index in [0.29, 0.717) is 6.42 Å². The van der Waals surface area contributed by atoms with E-state index >= 15 is 0 Å². The molecule has 0 saturated carbocycles. The molecular weight excluding hydrogens is 134 g/mol. The molecule has 54 valence electrons. The molecule has 0 amide bonds. The van der Waals surface area contributed by atoms with Gasteiger partial charge in [0, 0.05) is 0 Å². The SMILES string of the molecule is C#C/C=C(C=C)\C=C/CC#N. The summed E-state index contributed by atoms with van der Waals surface area (Å²) in [4.78, 5) is 0. The number of allylic oxidation sites excluding steroid dienone is 5. The molecule has 0 aliphatic rings. The van der Waals surface area contributed by atoms with Gasteiger partial charge in [0.1, 0.15) is 0 Å². The highest BCUT2D eigenvalue weighted by molar-refractivity contribution is 5.34. The first kappa shape index (κ1) is 9.27. The van der Waals surface area contributed by atoms with Crippen LogP contribution >= 0.6 is 0 Å². The lowest BCUT2D eigenvalue weighted by Gasteiger charge is -1.85. The van der Waals surface area contributed by atoms with Crippen molar-refractivity contribution in [3.63, 3.8) is 0 Å². The maximum Gasteiger partial charge on any atom is 0.0663 e. The van der Waals surface area contributed by atoms with Crippen LogP contribution in [0.2, 0.25) is 0 Å². The highest BCUT2D eigenvalue weighted by Gasteiger charge is 1.79. The molecule has 0 atom stereocenters. The third kappa shape index (κ3) is 4.75. The average molecular weight is 143 g/mol. The summed E-state index contributed by atoms with van der Waals surface area (Å²) < 4.78 is 0. The van der Waals surface area contributed by atoms with E-state index in [2.05, 4.69) is 12.5 Å². The zero-order chi connectivity index (χ0) is 8.53. The van der Waals surface area contributed by atoms with Gasteiger partial charge in [-0.05, 0) is 11.6 Å². The van der Waals surface area contributed by atoms with Gasteiger partial charge in [-0.3, -0.25) is 0 Å². The second-order valence-electron chi connectivity index (χ2n) is 1.78. The van der Waals surface area contributed by atoms with Gasteiger partial charge in [0.15, 0.2) is 0 Å². The number of hydrogen-bond acceptors (Lipinski definition) is 1. The molecule has 0 fully saturated rings. The van der Waals surface area contributed by atoms with Gasteiger partial charge in [0.05, 0.1) is 12.5 Å². The summed E-state index contributed by atoms with van der Waals surface area (Å²) >= 11 is 0. The molecular formula is C10H9N. The molecule has 0 saturated heterocycles. The Hall–Kier alpha value is -1.73. The molecule has 0 aliphatic heterocycles. The average Bonchev–Trinajstić information content (AvgIpc) is 2.03. The minimum absolute atomic E-state index is 0.399. The first-order valence-corrected chi connectivity index (χ1v) is 3.17. The normalized spacial score (nSPS) is 10.5. The number of nitriles is 1. The van der Waals surface area contributed by atoms with E-state index in [9.17, 15) is 0 Å². The van der Waals surface area contributed by atoms with Crippen LogP contribution in [0, 0.1) is 23.7 Å². The lowest BCUT2D eigenvalue weighted by atomic mass is 10.2. The standard InChI is InChI=1S/C10H9N/c1-3-7-10(4-2)8-5-6-9-11/h1,4-5,7-8H,2,6H2/b8-5-,10-7-. The van der Waals surface area contributed by atoms with Crippen LogP contribution in [0.15, 0.2) is 36.5 Å². The predicted molar refractivity (Wildman–Crippen MR) is 46.5 cm³/mol. The number of nitrogens with zero attached hydrogens (tertiary/aromatic N) is 1. The van der Waals surface area contributed by atoms with Crippen molar-refractivity contribution in [1.29, 1.82) is 5.26 Å². The molecule has 0 aliphatic carbocycles. The molecule has 11 heavy (non-hydrogen) atoms. The van der Waals surface area contributed by atoms with Crippen LogP contribution < -0.4 is 0 Å². The second-order valence-corrected chi connectivity index (χ2v) is 1.78. The highest BCUT2D eigenvalue weighted by atomic mass is 14.2. The minimum Gasteiger partial charge on any atom is -0.198 e. The minimum atomic E-state index is 0.399. The van der Waals surface area contributed by atoms with Gasteiger partial charge < -0.3 is 0 Å². The van der Waals surface area contributed by atoms with Crippen LogP contribution in [-0.2, 0) is 0 Å². The summed E-state index contributed by atoms with van der Waals surface area (Å²) in [7, 11) is 0. The van der Waals surface area contributed by atoms with E-state index in [-0.39, 0.29) is 0 Å². The Morgan fingerprint density at radius 1 is 1.64 bits per heavy atom. The predicted octanol–water partition coefficient (Wildman–Crippen LogP) is 2.20. The van der Waals surface area contributed by atoms with Gasteiger partial charge in [-0.1, -0.05) is 30.7 Å². The van der Waals surface area contributed by atoms with E-state index in [1.807, 2.05) is 6.07 Å². The Morgan fingerprint density at radius 3 is 2.82 bits per heavy atom. The maximum absolute atomic E-state index is 8.19. The molecule has 0 radical (unpaired) electrons. The first-order valence-electron chi connectivity index (χ1n) is 3.17. The fourth-order valence-corrected chi connectivity index (χ4v) is 0.519. The quantitative estimate of drug-likeness (QED) is 0.439. The summed E-state index contributed by atoms with van der Waals surface area (Å²) in [6.07, 6.45) is 12.2. The van der Waals surface area contributed by atoms with Crippen LogP contribution in [0.1, 0.15) is 6.42 Å². The molecule has 0 rings (SSSR count). The molecule has 0 aromatic heterocycles.